The van der Waals surface area contributed by atoms with Crippen molar-refractivity contribution < 1.29 is 0 Å². The summed E-state index contributed by atoms with van der Waals surface area (Å²) in [7, 11) is 0. The van der Waals surface area contributed by atoms with Crippen molar-refractivity contribution in [1.82, 2.24) is 4.57 Å². The van der Waals surface area contributed by atoms with E-state index in [1.54, 1.807) is 0 Å². The van der Waals surface area contributed by atoms with Gasteiger partial charge in [0.25, 0.3) is 0 Å². The molecule has 48 valence electrons. The van der Waals surface area contributed by atoms with E-state index in [2.05, 4.69) is 44.9 Å². The number of benzene rings is 1. The van der Waals surface area contributed by atoms with Crippen LogP contribution in [0.25, 0.3) is 16.6 Å². The maximum atomic E-state index is 3.43. The number of hydrogen-bond acceptors (Lipinski definition) is 0. The first-order valence-corrected chi connectivity index (χ1v) is 3.96. The number of hydrogen-bond donors (Lipinski definition) is 0. The molecule has 0 saturated heterocycles. The molecule has 0 spiro atoms. The van der Waals surface area contributed by atoms with Crippen LogP contribution in [0.1, 0.15) is 0 Å². The zero-order valence-electron chi connectivity index (χ0n) is 5.13. The summed E-state index contributed by atoms with van der Waals surface area (Å²) < 4.78 is 3.36. The summed E-state index contributed by atoms with van der Waals surface area (Å²) in [6.07, 6.45) is 2.15. The highest BCUT2D eigenvalue weighted by atomic mass is 79.9. The molecule has 1 aromatic carbocycles. The Bertz CT molecular complexity index is 428. The second-order valence-electron chi connectivity index (χ2n) is 2.55. The van der Waals surface area contributed by atoms with Gasteiger partial charge in [-0.25, -0.2) is 0 Å². The molecule has 0 aliphatic carbocycles. The Labute approximate surface area is 66.4 Å². The lowest BCUT2D eigenvalue weighted by molar-refractivity contribution is 1.30. The van der Waals surface area contributed by atoms with Gasteiger partial charge in [-0.15, -0.1) is 0 Å². The minimum atomic E-state index is 1.17. The largest absolute Gasteiger partial charge is 0.312 e. The van der Waals surface area contributed by atoms with Gasteiger partial charge in [-0.3, -0.25) is 0 Å². The van der Waals surface area contributed by atoms with Crippen LogP contribution in [0.15, 0.2) is 28.9 Å². The van der Waals surface area contributed by atoms with Gasteiger partial charge >= 0.3 is 0 Å². The molecule has 2 aliphatic rings. The maximum absolute atomic E-state index is 3.43. The Morgan fingerprint density at radius 2 is 2.20 bits per heavy atom. The van der Waals surface area contributed by atoms with Crippen molar-refractivity contribution in [2.24, 2.45) is 0 Å². The van der Waals surface area contributed by atoms with E-state index in [0.29, 0.717) is 0 Å². The van der Waals surface area contributed by atoms with Gasteiger partial charge in [-0.05, 0) is 18.2 Å². The first-order valence-electron chi connectivity index (χ1n) is 3.17. The Morgan fingerprint density at radius 3 is 3.10 bits per heavy atom. The first kappa shape index (κ1) is 4.97. The fourth-order valence-corrected chi connectivity index (χ4v) is 1.72. The van der Waals surface area contributed by atoms with Gasteiger partial charge in [0.1, 0.15) is 0 Å². The molecule has 0 amide bonds. The maximum Gasteiger partial charge on any atom is 0.0717 e. The van der Waals surface area contributed by atoms with E-state index < -0.39 is 0 Å². The van der Waals surface area contributed by atoms with Crippen LogP contribution in [-0.2, 0) is 0 Å². The second-order valence-corrected chi connectivity index (χ2v) is 3.46. The Balaban J connectivity index is 2.55. The Morgan fingerprint density at radius 1 is 1.30 bits per heavy atom. The monoisotopic (exact) mass is 193 g/mol. The highest BCUT2D eigenvalue weighted by Gasteiger charge is 2.21. The van der Waals surface area contributed by atoms with Gasteiger partial charge in [-0.2, -0.15) is 0 Å². The Hall–Kier alpha value is -0.760. The summed E-state index contributed by atoms with van der Waals surface area (Å²) in [5.41, 5.74) is 2.73. The van der Waals surface area contributed by atoms with Crippen LogP contribution in [-0.4, -0.2) is 4.57 Å². The third-order valence-corrected chi connectivity index (χ3v) is 2.43. The van der Waals surface area contributed by atoms with Crippen molar-refractivity contribution >= 4 is 26.8 Å². The van der Waals surface area contributed by atoms with Gasteiger partial charge in [0, 0.05) is 16.1 Å². The molecule has 0 bridgehead atoms. The van der Waals surface area contributed by atoms with Gasteiger partial charge in [0.15, 0.2) is 0 Å². The lowest BCUT2D eigenvalue weighted by Crippen LogP contribution is -1.86. The van der Waals surface area contributed by atoms with Crippen LogP contribution in [0.5, 0.6) is 0 Å². The van der Waals surface area contributed by atoms with Crippen LogP contribution >= 0.6 is 15.9 Å². The van der Waals surface area contributed by atoms with Crippen molar-refractivity contribution in [3.8, 4) is 5.69 Å². The fraction of sp³-hybridized carbons (Fsp3) is 0. The predicted octanol–water partition coefficient (Wildman–Crippen LogP) is 2.71. The SMILES string of the molecule is Brc1ccc2c(c1)c1cn2-1. The molecule has 0 aromatic heterocycles. The molecular weight excluding hydrogens is 190 g/mol. The summed E-state index contributed by atoms with van der Waals surface area (Å²) in [5.74, 6) is 0. The van der Waals surface area contributed by atoms with Crippen molar-refractivity contribution in [2.45, 2.75) is 0 Å². The topological polar surface area (TPSA) is 4.93 Å². The molecule has 0 unspecified atom stereocenters. The normalized spacial score (nSPS) is 12.5. The van der Waals surface area contributed by atoms with Crippen molar-refractivity contribution in [3.05, 3.63) is 28.9 Å². The molecule has 2 heteroatoms. The van der Waals surface area contributed by atoms with E-state index in [-0.39, 0.29) is 0 Å². The Kier molecular flexibility index (Phi) is 0.645. The number of nitrogens with zero attached hydrogens (tertiary/aromatic N) is 1. The molecular formula is C8H4BrN. The van der Waals surface area contributed by atoms with Crippen LogP contribution in [0.3, 0.4) is 0 Å². The van der Waals surface area contributed by atoms with Crippen LogP contribution in [0.2, 0.25) is 0 Å². The summed E-state index contributed by atoms with van der Waals surface area (Å²) in [4.78, 5) is 0. The number of rotatable bonds is 0. The van der Waals surface area contributed by atoms with Crippen LogP contribution < -0.4 is 0 Å². The molecule has 10 heavy (non-hydrogen) atoms. The second kappa shape index (κ2) is 1.30. The fourth-order valence-electron chi connectivity index (χ4n) is 1.36. The van der Waals surface area contributed by atoms with Crippen LogP contribution in [0.4, 0.5) is 0 Å². The molecule has 1 aromatic rings. The zero-order chi connectivity index (χ0) is 6.72. The third kappa shape index (κ3) is 0.409. The van der Waals surface area contributed by atoms with Gasteiger partial charge in [0.05, 0.1) is 11.2 Å². The quantitative estimate of drug-likeness (QED) is 0.518. The summed E-state index contributed by atoms with van der Waals surface area (Å²) in [6, 6.07) is 6.36. The standard InChI is InChI=1S/C8H4BrN/c9-5-1-2-7-6(3-5)8-4-10(7)8/h1-4H. The molecule has 0 saturated carbocycles. The summed E-state index contributed by atoms with van der Waals surface area (Å²) in [5, 5.41) is 1.38. The van der Waals surface area contributed by atoms with E-state index in [1.807, 2.05) is 0 Å². The van der Waals surface area contributed by atoms with Crippen molar-refractivity contribution in [3.63, 3.8) is 0 Å². The van der Waals surface area contributed by atoms with E-state index in [0.717, 1.165) is 0 Å². The zero-order valence-corrected chi connectivity index (χ0v) is 6.72. The molecule has 2 aliphatic heterocycles. The average Bonchev–Trinajstić information content (AvgIpc) is 2.60. The predicted molar refractivity (Wildman–Crippen MR) is 44.5 cm³/mol. The molecule has 3 rings (SSSR count). The van der Waals surface area contributed by atoms with E-state index in [9.17, 15) is 0 Å². The van der Waals surface area contributed by atoms with Gasteiger partial charge in [-0.1, -0.05) is 15.9 Å². The smallest absolute Gasteiger partial charge is 0.0717 e. The minimum Gasteiger partial charge on any atom is -0.312 e. The number of aromatic nitrogens is 1. The van der Waals surface area contributed by atoms with Gasteiger partial charge < -0.3 is 4.57 Å². The average molecular weight is 194 g/mol. The van der Waals surface area contributed by atoms with E-state index >= 15 is 0 Å². The molecule has 0 N–H and O–H groups in total. The lowest BCUT2D eigenvalue weighted by atomic mass is 10.2. The van der Waals surface area contributed by atoms with E-state index in [4.69, 9.17) is 0 Å². The molecule has 0 radical (unpaired) electrons. The van der Waals surface area contributed by atoms with Crippen LogP contribution in [0, 0.1) is 0 Å². The lowest BCUT2D eigenvalue weighted by Gasteiger charge is -2.03. The molecule has 0 fully saturated rings. The number of halogens is 1. The molecule has 0 atom stereocenters. The van der Waals surface area contributed by atoms with Crippen molar-refractivity contribution in [2.75, 3.05) is 0 Å². The van der Waals surface area contributed by atoms with E-state index in [1.165, 1.54) is 21.1 Å². The highest BCUT2D eigenvalue weighted by molar-refractivity contribution is 9.10. The third-order valence-electron chi connectivity index (χ3n) is 1.94. The summed E-state index contributed by atoms with van der Waals surface area (Å²) >= 11 is 3.43. The summed E-state index contributed by atoms with van der Waals surface area (Å²) in [6.45, 7) is 0. The molecule has 1 nitrogen and oxygen atoms in total. The minimum absolute atomic E-state index is 1.17. The highest BCUT2D eigenvalue weighted by Crippen LogP contribution is 2.39. The van der Waals surface area contributed by atoms with Gasteiger partial charge in [0.2, 0.25) is 0 Å². The number of fused-ring (bicyclic) bond motifs is 4. The first-order chi connectivity index (χ1) is 4.86. The molecule has 2 heterocycles. The van der Waals surface area contributed by atoms with Crippen molar-refractivity contribution in [1.29, 1.82) is 0 Å².